The fourth-order valence-corrected chi connectivity index (χ4v) is 2.04. The number of hydrogen-bond donors (Lipinski definition) is 1. The van der Waals surface area contributed by atoms with Crippen LogP contribution in [0, 0.1) is 0 Å². The van der Waals surface area contributed by atoms with Gasteiger partial charge in [0, 0.05) is 11.3 Å². The molecule has 0 saturated carbocycles. The minimum absolute atomic E-state index is 0.0218. The molecule has 2 rings (SSSR count). The van der Waals surface area contributed by atoms with E-state index in [1.165, 1.54) is 30.3 Å². The number of carbonyl (C=O) groups excluding carboxylic acids is 1. The average molecular weight is 363 g/mol. The topological polar surface area (TPSA) is 51.5 Å². The number of ether oxygens (including phenoxy) is 1. The van der Waals surface area contributed by atoms with Crippen LogP contribution in [0.25, 0.3) is 11.3 Å². The molecule has 0 spiro atoms. The van der Waals surface area contributed by atoms with E-state index in [4.69, 9.17) is 4.42 Å². The monoisotopic (exact) mass is 363 g/mol. The summed E-state index contributed by atoms with van der Waals surface area (Å²) in [6.45, 7) is 5.30. The van der Waals surface area contributed by atoms with Crippen LogP contribution in [0.15, 0.2) is 77.4 Å². The molecule has 1 aromatic carbocycles. The van der Waals surface area contributed by atoms with Crippen LogP contribution in [-0.2, 0) is 0 Å². The lowest BCUT2D eigenvalue weighted by molar-refractivity contribution is -0.274. The van der Waals surface area contributed by atoms with Gasteiger partial charge in [0.25, 0.3) is 5.91 Å². The molecule has 1 amide bonds. The molecule has 0 aliphatic heterocycles. The van der Waals surface area contributed by atoms with Crippen LogP contribution < -0.4 is 10.1 Å². The van der Waals surface area contributed by atoms with Crippen molar-refractivity contribution in [2.45, 2.75) is 13.3 Å². The first kappa shape index (κ1) is 19.1. The third-order valence-corrected chi connectivity index (χ3v) is 3.16. The molecule has 0 saturated heterocycles. The fourth-order valence-electron chi connectivity index (χ4n) is 2.04. The van der Waals surface area contributed by atoms with Crippen LogP contribution >= 0.6 is 0 Å². The average Bonchev–Trinajstić information content (AvgIpc) is 3.07. The zero-order valence-corrected chi connectivity index (χ0v) is 13.8. The lowest BCUT2D eigenvalue weighted by Gasteiger charge is -2.09. The third-order valence-electron chi connectivity index (χ3n) is 3.16. The number of halogens is 3. The summed E-state index contributed by atoms with van der Waals surface area (Å²) in [5, 5.41) is 2.65. The Hall–Kier alpha value is -3.22. The lowest BCUT2D eigenvalue weighted by Crippen LogP contribution is -2.21. The number of hydrogen-bond acceptors (Lipinski definition) is 3. The zero-order valence-electron chi connectivity index (χ0n) is 13.8. The first-order valence-corrected chi connectivity index (χ1v) is 7.55. The van der Waals surface area contributed by atoms with Gasteiger partial charge in [-0.1, -0.05) is 36.9 Å². The van der Waals surface area contributed by atoms with Crippen molar-refractivity contribution in [2.24, 2.45) is 0 Å². The maximum Gasteiger partial charge on any atom is 0.573 e. The molecule has 1 heterocycles. The van der Waals surface area contributed by atoms with E-state index >= 15 is 0 Å². The van der Waals surface area contributed by atoms with Crippen molar-refractivity contribution in [3.63, 3.8) is 0 Å². The van der Waals surface area contributed by atoms with Gasteiger partial charge in [-0.05, 0) is 37.3 Å². The molecule has 136 valence electrons. The largest absolute Gasteiger partial charge is 0.573 e. The van der Waals surface area contributed by atoms with Gasteiger partial charge in [0.2, 0.25) is 0 Å². The van der Waals surface area contributed by atoms with Crippen molar-refractivity contribution in [1.29, 1.82) is 0 Å². The SMILES string of the molecule is C=C/C=C\C(=C/C)NC(=O)c1ccc(-c2cccc(OC(F)(F)F)c2)o1. The van der Waals surface area contributed by atoms with Crippen LogP contribution in [0.4, 0.5) is 13.2 Å². The van der Waals surface area contributed by atoms with Crippen LogP contribution in [0.5, 0.6) is 5.75 Å². The number of alkyl halides is 3. The standard InChI is InChI=1S/C19H16F3NO3/c1-3-5-8-14(4-2)23-18(24)17-11-10-16(25-17)13-7-6-9-15(12-13)26-19(20,21)22/h3-12H,1H2,2H3,(H,23,24)/b8-5-,14-4+. The number of benzene rings is 1. The molecule has 26 heavy (non-hydrogen) atoms. The predicted octanol–water partition coefficient (Wildman–Crippen LogP) is 5.22. The summed E-state index contributed by atoms with van der Waals surface area (Å²) >= 11 is 0. The molecular formula is C19H16F3NO3. The van der Waals surface area contributed by atoms with Gasteiger partial charge in [-0.25, -0.2) is 0 Å². The quantitative estimate of drug-likeness (QED) is 0.716. The van der Waals surface area contributed by atoms with Gasteiger partial charge in [-0.3, -0.25) is 4.79 Å². The number of carbonyl (C=O) groups is 1. The summed E-state index contributed by atoms with van der Waals surface area (Å²) in [6.07, 6.45) is 1.80. The number of furan rings is 1. The predicted molar refractivity (Wildman–Crippen MR) is 91.4 cm³/mol. The van der Waals surface area contributed by atoms with Gasteiger partial charge < -0.3 is 14.5 Å². The number of allylic oxidation sites excluding steroid dienone is 4. The minimum atomic E-state index is -4.78. The van der Waals surface area contributed by atoms with E-state index in [9.17, 15) is 18.0 Å². The Morgan fingerprint density at radius 1 is 1.27 bits per heavy atom. The summed E-state index contributed by atoms with van der Waals surface area (Å²) in [5.41, 5.74) is 0.900. The van der Waals surface area contributed by atoms with Gasteiger partial charge >= 0.3 is 6.36 Å². The smallest absolute Gasteiger partial charge is 0.451 e. The molecule has 0 radical (unpaired) electrons. The molecule has 0 bridgehead atoms. The van der Waals surface area contributed by atoms with Gasteiger partial charge in [-0.2, -0.15) is 0 Å². The summed E-state index contributed by atoms with van der Waals surface area (Å²) in [6, 6.07) is 8.24. The van der Waals surface area contributed by atoms with Gasteiger partial charge in [-0.15, -0.1) is 13.2 Å². The highest BCUT2D eigenvalue weighted by Crippen LogP contribution is 2.29. The van der Waals surface area contributed by atoms with E-state index in [2.05, 4.69) is 16.6 Å². The van der Waals surface area contributed by atoms with Crippen molar-refractivity contribution >= 4 is 5.91 Å². The van der Waals surface area contributed by atoms with Crippen LogP contribution in [0.1, 0.15) is 17.5 Å². The van der Waals surface area contributed by atoms with Crippen molar-refractivity contribution in [3.8, 4) is 17.1 Å². The molecule has 0 aliphatic rings. The van der Waals surface area contributed by atoms with E-state index in [1.54, 1.807) is 37.3 Å². The Morgan fingerprint density at radius 2 is 2.04 bits per heavy atom. The van der Waals surface area contributed by atoms with E-state index in [0.717, 1.165) is 0 Å². The maximum atomic E-state index is 12.3. The molecule has 1 N–H and O–H groups in total. The van der Waals surface area contributed by atoms with Gasteiger partial charge in [0.1, 0.15) is 11.5 Å². The Morgan fingerprint density at radius 3 is 2.69 bits per heavy atom. The summed E-state index contributed by atoms with van der Waals surface area (Å²) < 4.78 is 46.3. The summed E-state index contributed by atoms with van der Waals surface area (Å²) in [7, 11) is 0. The molecule has 0 atom stereocenters. The molecular weight excluding hydrogens is 347 g/mol. The maximum absolute atomic E-state index is 12.3. The lowest BCUT2D eigenvalue weighted by atomic mass is 10.1. The Bertz CT molecular complexity index is 848. The molecule has 7 heteroatoms. The van der Waals surface area contributed by atoms with Gasteiger partial charge in [0.15, 0.2) is 5.76 Å². The highest BCUT2D eigenvalue weighted by molar-refractivity contribution is 5.93. The Labute approximate surface area is 148 Å². The molecule has 2 aromatic rings. The molecule has 0 fully saturated rings. The van der Waals surface area contributed by atoms with Crippen molar-refractivity contribution in [2.75, 3.05) is 0 Å². The molecule has 0 unspecified atom stereocenters. The highest BCUT2D eigenvalue weighted by atomic mass is 19.4. The van der Waals surface area contributed by atoms with Crippen molar-refractivity contribution < 1.29 is 27.1 Å². The number of amides is 1. The van der Waals surface area contributed by atoms with E-state index in [1.807, 2.05) is 0 Å². The van der Waals surface area contributed by atoms with Crippen molar-refractivity contribution in [1.82, 2.24) is 5.32 Å². The fraction of sp³-hybridized carbons (Fsp3) is 0.105. The second-order valence-corrected chi connectivity index (χ2v) is 5.03. The van der Waals surface area contributed by atoms with Crippen LogP contribution in [0.3, 0.4) is 0 Å². The Kier molecular flexibility index (Phi) is 6.06. The van der Waals surface area contributed by atoms with Gasteiger partial charge in [0.05, 0.1) is 0 Å². The molecule has 4 nitrogen and oxygen atoms in total. The van der Waals surface area contributed by atoms with Crippen LogP contribution in [0.2, 0.25) is 0 Å². The highest BCUT2D eigenvalue weighted by Gasteiger charge is 2.31. The number of nitrogens with one attached hydrogen (secondary N) is 1. The third kappa shape index (κ3) is 5.41. The Balaban J connectivity index is 2.17. The van der Waals surface area contributed by atoms with Crippen molar-refractivity contribution in [3.05, 3.63) is 78.7 Å². The number of rotatable bonds is 6. The van der Waals surface area contributed by atoms with E-state index in [0.29, 0.717) is 11.3 Å². The van der Waals surface area contributed by atoms with E-state index in [-0.39, 0.29) is 17.3 Å². The summed E-state index contributed by atoms with van der Waals surface area (Å²) in [4.78, 5) is 12.2. The first-order valence-electron chi connectivity index (χ1n) is 7.55. The molecule has 0 aliphatic carbocycles. The molecule has 1 aromatic heterocycles. The van der Waals surface area contributed by atoms with E-state index < -0.39 is 12.3 Å². The first-order chi connectivity index (χ1) is 12.3. The summed E-state index contributed by atoms with van der Waals surface area (Å²) in [5.74, 6) is -0.594. The minimum Gasteiger partial charge on any atom is -0.451 e. The van der Waals surface area contributed by atoms with Crippen LogP contribution in [-0.4, -0.2) is 12.3 Å². The zero-order chi connectivity index (χ0) is 19.2. The normalized spacial score (nSPS) is 12.2. The second-order valence-electron chi connectivity index (χ2n) is 5.03. The second kappa shape index (κ2) is 8.24.